The van der Waals surface area contributed by atoms with Crippen LogP contribution < -0.4 is 5.32 Å². The highest BCUT2D eigenvalue weighted by molar-refractivity contribution is 6.31. The fraction of sp³-hybridized carbons (Fsp3) is 0.0833. The summed E-state index contributed by atoms with van der Waals surface area (Å²) in [5.74, 6) is 0.0550. The number of hydrogen-bond acceptors (Lipinski definition) is 6. The molecule has 0 fully saturated rings. The highest BCUT2D eigenvalue weighted by atomic mass is 35.5. The van der Waals surface area contributed by atoms with Gasteiger partial charge in [0.15, 0.2) is 0 Å². The molecule has 0 radical (unpaired) electrons. The lowest BCUT2D eigenvalue weighted by Crippen LogP contribution is -2.05. The van der Waals surface area contributed by atoms with E-state index >= 15 is 0 Å². The second-order valence-electron chi connectivity index (χ2n) is 3.78. The second kappa shape index (κ2) is 5.95. The van der Waals surface area contributed by atoms with Gasteiger partial charge in [-0.3, -0.25) is 10.1 Å². The van der Waals surface area contributed by atoms with Crippen molar-refractivity contribution in [1.82, 2.24) is 9.97 Å². The van der Waals surface area contributed by atoms with E-state index in [1.54, 1.807) is 24.3 Å². The average molecular weight is 290 g/mol. The molecule has 7 nitrogen and oxygen atoms in total. The van der Waals surface area contributed by atoms with Gasteiger partial charge >= 0.3 is 5.69 Å². The Kier molecular flexibility index (Phi) is 4.08. The lowest BCUT2D eigenvalue weighted by atomic mass is 10.1. The van der Waals surface area contributed by atoms with Crippen molar-refractivity contribution in [1.29, 1.82) is 5.26 Å². The molecule has 0 saturated heterocycles. The number of nitrogens with zero attached hydrogens (tertiary/aromatic N) is 4. The van der Waals surface area contributed by atoms with Gasteiger partial charge in [-0.15, -0.1) is 0 Å². The van der Waals surface area contributed by atoms with Crippen LogP contribution in [0.25, 0.3) is 0 Å². The molecule has 1 aromatic heterocycles. The Morgan fingerprint density at radius 1 is 1.35 bits per heavy atom. The highest BCUT2D eigenvalue weighted by Gasteiger charge is 2.21. The van der Waals surface area contributed by atoms with Gasteiger partial charge < -0.3 is 5.32 Å². The fourth-order valence-electron chi connectivity index (χ4n) is 1.53. The normalized spacial score (nSPS) is 9.80. The molecule has 20 heavy (non-hydrogen) atoms. The molecule has 0 spiro atoms. The van der Waals surface area contributed by atoms with Gasteiger partial charge in [-0.1, -0.05) is 23.7 Å². The molecule has 100 valence electrons. The first kappa shape index (κ1) is 13.7. The fourth-order valence-corrected chi connectivity index (χ4v) is 1.73. The monoisotopic (exact) mass is 289 g/mol. The van der Waals surface area contributed by atoms with Gasteiger partial charge in [-0.25, -0.2) is 9.97 Å². The van der Waals surface area contributed by atoms with Crippen LogP contribution in [-0.2, 0) is 6.54 Å². The van der Waals surface area contributed by atoms with E-state index in [-0.39, 0.29) is 16.7 Å². The zero-order chi connectivity index (χ0) is 14.5. The first-order valence-corrected chi connectivity index (χ1v) is 5.87. The van der Waals surface area contributed by atoms with Crippen LogP contribution in [0.1, 0.15) is 11.1 Å². The summed E-state index contributed by atoms with van der Waals surface area (Å²) >= 11 is 5.68. The maximum absolute atomic E-state index is 10.9. The first-order valence-electron chi connectivity index (χ1n) is 5.49. The second-order valence-corrected chi connectivity index (χ2v) is 4.14. The molecule has 2 aromatic rings. The third-order valence-electron chi connectivity index (χ3n) is 2.50. The van der Waals surface area contributed by atoms with Crippen molar-refractivity contribution in [3.05, 3.63) is 57.0 Å². The van der Waals surface area contributed by atoms with Crippen molar-refractivity contribution in [2.45, 2.75) is 6.54 Å². The molecule has 1 heterocycles. The molecule has 0 aliphatic rings. The molecule has 0 saturated carbocycles. The number of nitro groups is 1. The summed E-state index contributed by atoms with van der Waals surface area (Å²) in [5, 5.41) is 22.2. The standard InChI is InChI=1S/C12H8ClN5O2/c13-11-10(18(19)20)12(17-7-16-11)15-6-9-3-1-8(5-14)2-4-9/h1-4,7H,6H2,(H,15,16,17). The van der Waals surface area contributed by atoms with E-state index in [1.807, 2.05) is 6.07 Å². The van der Waals surface area contributed by atoms with Crippen LogP contribution in [0.2, 0.25) is 5.15 Å². The molecule has 0 amide bonds. The van der Waals surface area contributed by atoms with E-state index < -0.39 is 4.92 Å². The van der Waals surface area contributed by atoms with E-state index in [2.05, 4.69) is 15.3 Å². The van der Waals surface area contributed by atoms with E-state index in [1.165, 1.54) is 0 Å². The molecular weight excluding hydrogens is 282 g/mol. The van der Waals surface area contributed by atoms with E-state index in [4.69, 9.17) is 16.9 Å². The predicted octanol–water partition coefficient (Wildman–Crippen LogP) is 2.52. The number of anilines is 1. The summed E-state index contributed by atoms with van der Waals surface area (Å²) in [7, 11) is 0. The molecule has 0 bridgehead atoms. The highest BCUT2D eigenvalue weighted by Crippen LogP contribution is 2.28. The molecule has 1 N–H and O–H groups in total. The number of nitriles is 1. The summed E-state index contributed by atoms with van der Waals surface area (Å²) in [6.07, 6.45) is 1.15. The van der Waals surface area contributed by atoms with Crippen LogP contribution in [0.4, 0.5) is 11.5 Å². The summed E-state index contributed by atoms with van der Waals surface area (Å²) in [4.78, 5) is 17.7. The Bertz CT molecular complexity index is 681. The third-order valence-corrected chi connectivity index (χ3v) is 2.78. The van der Waals surface area contributed by atoms with Gasteiger partial charge in [0.25, 0.3) is 0 Å². The Balaban J connectivity index is 2.16. The van der Waals surface area contributed by atoms with Crippen LogP contribution in [0.15, 0.2) is 30.6 Å². The van der Waals surface area contributed by atoms with Gasteiger partial charge in [-0.2, -0.15) is 5.26 Å². The lowest BCUT2D eigenvalue weighted by molar-refractivity contribution is -0.384. The molecule has 0 atom stereocenters. The van der Waals surface area contributed by atoms with Crippen molar-refractivity contribution in [2.75, 3.05) is 5.32 Å². The summed E-state index contributed by atoms with van der Waals surface area (Å²) in [6, 6.07) is 8.84. The molecule has 0 aliphatic carbocycles. The topological polar surface area (TPSA) is 105 Å². The van der Waals surface area contributed by atoms with Crippen LogP contribution in [0, 0.1) is 21.4 Å². The van der Waals surface area contributed by atoms with Crippen LogP contribution >= 0.6 is 11.6 Å². The molecule has 2 rings (SSSR count). The minimum Gasteiger partial charge on any atom is -0.360 e. The van der Waals surface area contributed by atoms with Gasteiger partial charge in [0.05, 0.1) is 16.6 Å². The van der Waals surface area contributed by atoms with Crippen LogP contribution in [0.5, 0.6) is 0 Å². The molecule has 1 aromatic carbocycles. The number of rotatable bonds is 4. The van der Waals surface area contributed by atoms with Crippen LogP contribution in [-0.4, -0.2) is 14.9 Å². The molecular formula is C12H8ClN5O2. The van der Waals surface area contributed by atoms with Crippen molar-refractivity contribution < 1.29 is 4.92 Å². The minimum atomic E-state index is -0.635. The van der Waals surface area contributed by atoms with Gasteiger partial charge in [0.1, 0.15) is 6.33 Å². The number of nitrogens with one attached hydrogen (secondary N) is 1. The van der Waals surface area contributed by atoms with Crippen molar-refractivity contribution in [3.63, 3.8) is 0 Å². The third kappa shape index (κ3) is 2.99. The summed E-state index contributed by atoms with van der Waals surface area (Å²) in [5.41, 5.74) is 1.04. The van der Waals surface area contributed by atoms with Crippen molar-refractivity contribution >= 4 is 23.1 Å². The maximum atomic E-state index is 10.9. The van der Waals surface area contributed by atoms with Gasteiger partial charge in [0, 0.05) is 6.54 Å². The Labute approximate surface area is 119 Å². The molecule has 8 heteroatoms. The Morgan fingerprint density at radius 3 is 2.65 bits per heavy atom. The Morgan fingerprint density at radius 2 is 2.05 bits per heavy atom. The minimum absolute atomic E-state index is 0.0550. The van der Waals surface area contributed by atoms with Crippen LogP contribution in [0.3, 0.4) is 0 Å². The SMILES string of the molecule is N#Cc1ccc(CNc2ncnc(Cl)c2[N+](=O)[O-])cc1. The molecule has 0 aliphatic heterocycles. The predicted molar refractivity (Wildman–Crippen MR) is 72.2 cm³/mol. The number of hydrogen-bond donors (Lipinski definition) is 1. The maximum Gasteiger partial charge on any atom is 0.348 e. The van der Waals surface area contributed by atoms with Gasteiger partial charge in [0.2, 0.25) is 11.0 Å². The zero-order valence-electron chi connectivity index (χ0n) is 10.1. The quantitative estimate of drug-likeness (QED) is 0.527. The largest absolute Gasteiger partial charge is 0.360 e. The van der Waals surface area contributed by atoms with Crippen molar-refractivity contribution in [3.8, 4) is 6.07 Å². The molecule has 0 unspecified atom stereocenters. The van der Waals surface area contributed by atoms with E-state index in [9.17, 15) is 10.1 Å². The zero-order valence-corrected chi connectivity index (χ0v) is 10.8. The van der Waals surface area contributed by atoms with Gasteiger partial charge in [-0.05, 0) is 17.7 Å². The summed E-state index contributed by atoms with van der Waals surface area (Å²) in [6.45, 7) is 0.319. The van der Waals surface area contributed by atoms with E-state index in [0.29, 0.717) is 12.1 Å². The lowest BCUT2D eigenvalue weighted by Gasteiger charge is -2.06. The van der Waals surface area contributed by atoms with Crippen molar-refractivity contribution in [2.24, 2.45) is 0 Å². The first-order chi connectivity index (χ1) is 9.61. The number of aromatic nitrogens is 2. The van der Waals surface area contributed by atoms with E-state index in [0.717, 1.165) is 11.9 Å². The number of halogens is 1. The number of benzene rings is 1. The average Bonchev–Trinajstić information content (AvgIpc) is 2.45. The summed E-state index contributed by atoms with van der Waals surface area (Å²) < 4.78 is 0. The Hall–Kier alpha value is -2.72. The smallest absolute Gasteiger partial charge is 0.348 e.